The molecular weight excluding hydrogens is 234 g/mol. The van der Waals surface area contributed by atoms with Crippen LogP contribution >= 0.6 is 11.8 Å². The Kier molecular flexibility index (Phi) is 3.52. The summed E-state index contributed by atoms with van der Waals surface area (Å²) in [6, 6.07) is 0. The van der Waals surface area contributed by atoms with Gasteiger partial charge in [0.05, 0.1) is 17.2 Å². The molecule has 0 atom stereocenters. The van der Waals surface area contributed by atoms with Gasteiger partial charge in [0.15, 0.2) is 11.5 Å². The van der Waals surface area contributed by atoms with Gasteiger partial charge in [-0.15, -0.1) is 11.8 Å². The molecule has 1 aromatic heterocycles. The Morgan fingerprint density at radius 3 is 2.53 bits per heavy atom. The van der Waals surface area contributed by atoms with Gasteiger partial charge in [0.2, 0.25) is 0 Å². The summed E-state index contributed by atoms with van der Waals surface area (Å²) in [5.74, 6) is 1.60. The Morgan fingerprint density at radius 2 is 2.00 bits per heavy atom. The van der Waals surface area contributed by atoms with Crippen molar-refractivity contribution < 1.29 is 9.47 Å². The molecule has 1 aromatic rings. The van der Waals surface area contributed by atoms with E-state index in [0.717, 1.165) is 29.2 Å². The predicted molar refractivity (Wildman–Crippen MR) is 70.0 cm³/mol. The van der Waals surface area contributed by atoms with Crippen LogP contribution in [0.15, 0.2) is 17.3 Å². The van der Waals surface area contributed by atoms with Crippen LogP contribution in [0.5, 0.6) is 11.5 Å². The maximum atomic E-state index is 6.00. The molecule has 0 spiro atoms. The summed E-state index contributed by atoms with van der Waals surface area (Å²) in [7, 11) is 0. The second-order valence-corrected chi connectivity index (χ2v) is 6.05. The number of hydrogen-bond donors (Lipinski definition) is 0. The van der Waals surface area contributed by atoms with Crippen LogP contribution in [0.4, 0.5) is 0 Å². The largest absolute Gasteiger partial charge is 0.485 e. The van der Waals surface area contributed by atoms with Crippen LogP contribution in [0.2, 0.25) is 0 Å². The predicted octanol–water partition coefficient (Wildman–Crippen LogP) is 3.52. The van der Waals surface area contributed by atoms with Crippen molar-refractivity contribution >= 4 is 11.8 Å². The van der Waals surface area contributed by atoms with Gasteiger partial charge in [-0.3, -0.25) is 4.98 Å². The maximum Gasteiger partial charge on any atom is 0.181 e. The maximum absolute atomic E-state index is 6.00. The van der Waals surface area contributed by atoms with Crippen LogP contribution in [-0.2, 0) is 0 Å². The summed E-state index contributed by atoms with van der Waals surface area (Å²) in [6.07, 6.45) is 8.23. The molecule has 4 heteroatoms. The molecule has 0 radical (unpaired) electrons. The molecule has 3 nitrogen and oxygen atoms in total. The minimum absolute atomic E-state index is 0.229. The molecule has 1 heterocycles. The van der Waals surface area contributed by atoms with Gasteiger partial charge in [0.1, 0.15) is 5.60 Å². The van der Waals surface area contributed by atoms with Crippen LogP contribution in [0.25, 0.3) is 0 Å². The number of thioether (sulfide) groups is 1. The van der Waals surface area contributed by atoms with E-state index in [4.69, 9.17) is 9.47 Å². The molecule has 1 aliphatic carbocycles. The minimum Gasteiger partial charge on any atom is -0.485 e. The fourth-order valence-corrected chi connectivity index (χ4v) is 1.91. The SMILES string of the molecule is CSc1cncc(OC2CC2)c1OC(C)(C)C. The van der Waals surface area contributed by atoms with Crippen molar-refractivity contribution in [1.82, 2.24) is 4.98 Å². The van der Waals surface area contributed by atoms with E-state index < -0.39 is 0 Å². The van der Waals surface area contributed by atoms with Crippen molar-refractivity contribution in [1.29, 1.82) is 0 Å². The highest BCUT2D eigenvalue weighted by atomic mass is 32.2. The van der Waals surface area contributed by atoms with E-state index in [-0.39, 0.29) is 5.60 Å². The minimum atomic E-state index is -0.229. The Hall–Kier alpha value is -0.900. The molecule has 1 aliphatic rings. The number of nitrogens with zero attached hydrogens (tertiary/aromatic N) is 1. The van der Waals surface area contributed by atoms with Gasteiger partial charge in [-0.05, 0) is 39.9 Å². The number of ether oxygens (including phenoxy) is 2. The number of rotatable bonds is 4. The van der Waals surface area contributed by atoms with E-state index in [1.54, 1.807) is 18.0 Å². The summed E-state index contributed by atoms with van der Waals surface area (Å²) < 4.78 is 11.8. The van der Waals surface area contributed by atoms with Crippen LogP contribution in [0.1, 0.15) is 33.6 Å². The highest BCUT2D eigenvalue weighted by Gasteiger charge is 2.27. The van der Waals surface area contributed by atoms with Crippen molar-refractivity contribution in [2.45, 2.75) is 50.2 Å². The summed E-state index contributed by atoms with van der Waals surface area (Å²) in [4.78, 5) is 5.23. The average Bonchev–Trinajstić information content (AvgIpc) is 3.02. The normalized spacial score (nSPS) is 15.8. The quantitative estimate of drug-likeness (QED) is 0.768. The molecule has 17 heavy (non-hydrogen) atoms. The van der Waals surface area contributed by atoms with E-state index in [9.17, 15) is 0 Å². The molecule has 0 saturated heterocycles. The van der Waals surface area contributed by atoms with Crippen molar-refractivity contribution in [3.63, 3.8) is 0 Å². The summed E-state index contributed by atoms with van der Waals surface area (Å²) in [5, 5.41) is 0. The molecule has 0 aliphatic heterocycles. The van der Waals surface area contributed by atoms with Crippen LogP contribution in [0.3, 0.4) is 0 Å². The lowest BCUT2D eigenvalue weighted by molar-refractivity contribution is 0.118. The first kappa shape index (κ1) is 12.6. The fourth-order valence-electron chi connectivity index (χ4n) is 1.41. The molecule has 1 fully saturated rings. The monoisotopic (exact) mass is 253 g/mol. The van der Waals surface area contributed by atoms with Gasteiger partial charge < -0.3 is 9.47 Å². The highest BCUT2D eigenvalue weighted by molar-refractivity contribution is 7.98. The third-order valence-electron chi connectivity index (χ3n) is 2.28. The first-order chi connectivity index (χ1) is 7.99. The molecule has 0 unspecified atom stereocenters. The van der Waals surface area contributed by atoms with Gasteiger partial charge in [-0.25, -0.2) is 0 Å². The number of pyridine rings is 1. The van der Waals surface area contributed by atoms with Gasteiger partial charge in [-0.1, -0.05) is 0 Å². The zero-order chi connectivity index (χ0) is 12.5. The van der Waals surface area contributed by atoms with E-state index in [1.165, 1.54) is 0 Å². The van der Waals surface area contributed by atoms with Crippen LogP contribution < -0.4 is 9.47 Å². The standard InChI is InChI=1S/C13H19NO2S/c1-13(2,3)16-12-10(15-9-5-6-9)7-14-8-11(12)17-4/h7-9H,5-6H2,1-4H3. The second kappa shape index (κ2) is 4.77. The Balaban J connectivity index is 2.28. The van der Waals surface area contributed by atoms with Crippen molar-refractivity contribution in [3.8, 4) is 11.5 Å². The molecule has 0 aromatic carbocycles. The summed E-state index contributed by atoms with van der Waals surface area (Å²) >= 11 is 1.63. The molecular formula is C13H19NO2S. The zero-order valence-corrected chi connectivity index (χ0v) is 11.6. The first-order valence-corrected chi connectivity index (χ1v) is 7.10. The lowest BCUT2D eigenvalue weighted by atomic mass is 10.2. The van der Waals surface area contributed by atoms with E-state index in [1.807, 2.05) is 33.2 Å². The van der Waals surface area contributed by atoms with Gasteiger partial charge in [0, 0.05) is 6.20 Å². The third-order valence-corrected chi connectivity index (χ3v) is 3.01. The van der Waals surface area contributed by atoms with Crippen molar-refractivity contribution in [3.05, 3.63) is 12.4 Å². The molecule has 0 bridgehead atoms. The molecule has 0 N–H and O–H groups in total. The Morgan fingerprint density at radius 1 is 1.29 bits per heavy atom. The molecule has 94 valence electrons. The smallest absolute Gasteiger partial charge is 0.181 e. The van der Waals surface area contributed by atoms with Gasteiger partial charge in [-0.2, -0.15) is 0 Å². The van der Waals surface area contributed by atoms with Gasteiger partial charge in [0.25, 0.3) is 0 Å². The van der Waals surface area contributed by atoms with E-state index in [0.29, 0.717) is 6.10 Å². The van der Waals surface area contributed by atoms with Crippen molar-refractivity contribution in [2.75, 3.05) is 6.26 Å². The van der Waals surface area contributed by atoms with Crippen LogP contribution in [-0.4, -0.2) is 22.9 Å². The Labute approximate surface area is 107 Å². The first-order valence-electron chi connectivity index (χ1n) is 5.87. The third kappa shape index (κ3) is 3.53. The van der Waals surface area contributed by atoms with Crippen LogP contribution in [0, 0.1) is 0 Å². The lowest BCUT2D eigenvalue weighted by Crippen LogP contribution is -2.24. The molecule has 0 amide bonds. The fraction of sp³-hybridized carbons (Fsp3) is 0.615. The Bertz CT molecular complexity index is 397. The van der Waals surface area contributed by atoms with E-state index in [2.05, 4.69) is 4.98 Å². The molecule has 2 rings (SSSR count). The molecule has 1 saturated carbocycles. The highest BCUT2D eigenvalue weighted by Crippen LogP contribution is 2.40. The number of hydrogen-bond acceptors (Lipinski definition) is 4. The van der Waals surface area contributed by atoms with Crippen molar-refractivity contribution in [2.24, 2.45) is 0 Å². The van der Waals surface area contributed by atoms with Gasteiger partial charge >= 0.3 is 0 Å². The van der Waals surface area contributed by atoms with E-state index >= 15 is 0 Å². The summed E-state index contributed by atoms with van der Waals surface area (Å²) in [5.41, 5.74) is -0.229. The topological polar surface area (TPSA) is 31.4 Å². The number of aromatic nitrogens is 1. The lowest BCUT2D eigenvalue weighted by Gasteiger charge is -2.24. The average molecular weight is 253 g/mol. The second-order valence-electron chi connectivity index (χ2n) is 5.20. The summed E-state index contributed by atoms with van der Waals surface area (Å²) in [6.45, 7) is 6.12. The zero-order valence-electron chi connectivity index (χ0n) is 10.8.